The van der Waals surface area contributed by atoms with Gasteiger partial charge in [-0.2, -0.15) is 0 Å². The number of benzene rings is 2. The van der Waals surface area contributed by atoms with Crippen molar-refractivity contribution in [1.29, 1.82) is 0 Å². The fourth-order valence-electron chi connectivity index (χ4n) is 3.92. The van der Waals surface area contributed by atoms with Gasteiger partial charge in [0.1, 0.15) is 18.6 Å². The molecule has 1 heterocycles. The lowest BCUT2D eigenvalue weighted by atomic mass is 10.0. The first-order chi connectivity index (χ1) is 17.7. The average molecular weight is 508 g/mol. The Labute approximate surface area is 215 Å². The lowest BCUT2D eigenvalue weighted by molar-refractivity contribution is -0.138. The van der Waals surface area contributed by atoms with E-state index in [4.69, 9.17) is 10.8 Å². The summed E-state index contributed by atoms with van der Waals surface area (Å²) in [5.74, 6) is -3.06. The highest BCUT2D eigenvalue weighted by Crippen LogP contribution is 2.19. The van der Waals surface area contributed by atoms with Gasteiger partial charge in [0.25, 0.3) is 0 Å². The molecule has 0 bridgehead atoms. The third-order valence-corrected chi connectivity index (χ3v) is 6.08. The van der Waals surface area contributed by atoms with Gasteiger partial charge in [0.2, 0.25) is 17.7 Å². The first-order valence-electron chi connectivity index (χ1n) is 12.1. The van der Waals surface area contributed by atoms with E-state index >= 15 is 0 Å². The molecule has 0 spiro atoms. The van der Waals surface area contributed by atoms with Crippen LogP contribution in [0.15, 0.2) is 60.8 Å². The number of hydrogen-bond donors (Lipinski definition) is 6. The first-order valence-corrected chi connectivity index (χ1v) is 12.1. The molecule has 10 nitrogen and oxygen atoms in total. The van der Waals surface area contributed by atoms with Crippen molar-refractivity contribution in [3.05, 3.63) is 71.9 Å². The van der Waals surface area contributed by atoms with Crippen LogP contribution in [-0.2, 0) is 32.0 Å². The van der Waals surface area contributed by atoms with Crippen LogP contribution in [0.1, 0.15) is 25.0 Å². The molecule has 3 atom stereocenters. The Kier molecular flexibility index (Phi) is 9.39. The molecule has 0 fully saturated rings. The maximum Gasteiger partial charge on any atom is 0.322 e. The normalized spacial score (nSPS) is 13.5. The molecule has 196 valence electrons. The highest BCUT2D eigenvalue weighted by Gasteiger charge is 2.30. The third-order valence-electron chi connectivity index (χ3n) is 6.08. The van der Waals surface area contributed by atoms with Gasteiger partial charge < -0.3 is 31.8 Å². The summed E-state index contributed by atoms with van der Waals surface area (Å²) in [4.78, 5) is 53.3. The van der Waals surface area contributed by atoms with Crippen LogP contribution in [0.4, 0.5) is 0 Å². The van der Waals surface area contributed by atoms with Crippen molar-refractivity contribution in [3.8, 4) is 0 Å². The van der Waals surface area contributed by atoms with Crippen molar-refractivity contribution in [2.45, 2.75) is 44.8 Å². The number of carboxylic acid groups (broad SMARTS) is 1. The van der Waals surface area contributed by atoms with Crippen LogP contribution in [0.2, 0.25) is 0 Å². The Morgan fingerprint density at radius 3 is 2.16 bits per heavy atom. The summed E-state index contributed by atoms with van der Waals surface area (Å²) in [6.45, 7) is 3.03. The molecule has 10 heteroatoms. The Morgan fingerprint density at radius 2 is 1.49 bits per heavy atom. The van der Waals surface area contributed by atoms with Crippen LogP contribution in [0.3, 0.4) is 0 Å². The van der Waals surface area contributed by atoms with Crippen molar-refractivity contribution in [2.24, 2.45) is 11.7 Å². The van der Waals surface area contributed by atoms with Crippen LogP contribution >= 0.6 is 0 Å². The van der Waals surface area contributed by atoms with E-state index in [2.05, 4.69) is 20.9 Å². The summed E-state index contributed by atoms with van der Waals surface area (Å²) in [5.41, 5.74) is 8.49. The van der Waals surface area contributed by atoms with Crippen molar-refractivity contribution < 1.29 is 24.3 Å². The van der Waals surface area contributed by atoms with E-state index in [9.17, 15) is 19.2 Å². The minimum atomic E-state index is -1.20. The second-order valence-corrected chi connectivity index (χ2v) is 9.26. The van der Waals surface area contributed by atoms with Crippen molar-refractivity contribution in [1.82, 2.24) is 20.9 Å². The first kappa shape index (κ1) is 27.4. The number of aromatic nitrogens is 1. The molecular formula is C27H33N5O5. The van der Waals surface area contributed by atoms with Crippen molar-refractivity contribution in [2.75, 3.05) is 6.54 Å². The number of H-pyrrole nitrogens is 1. The molecule has 0 aliphatic carbocycles. The van der Waals surface area contributed by atoms with Gasteiger partial charge in [-0.3, -0.25) is 19.2 Å². The number of hydrogen-bond acceptors (Lipinski definition) is 5. The fourth-order valence-corrected chi connectivity index (χ4v) is 3.92. The lowest BCUT2D eigenvalue weighted by Crippen LogP contribution is -2.57. The number of carboxylic acids is 1. The van der Waals surface area contributed by atoms with E-state index in [1.165, 1.54) is 0 Å². The molecule has 0 saturated heterocycles. The van der Waals surface area contributed by atoms with Crippen LogP contribution < -0.4 is 21.7 Å². The van der Waals surface area contributed by atoms with Gasteiger partial charge in [0.05, 0.1) is 6.04 Å². The third kappa shape index (κ3) is 7.65. The second-order valence-electron chi connectivity index (χ2n) is 9.26. The summed E-state index contributed by atoms with van der Waals surface area (Å²) in [5, 5.41) is 17.7. The van der Waals surface area contributed by atoms with E-state index < -0.39 is 48.4 Å². The Bertz CT molecular complexity index is 1240. The van der Waals surface area contributed by atoms with E-state index in [1.807, 2.05) is 44.2 Å². The number of amides is 3. The fraction of sp³-hybridized carbons (Fsp3) is 0.333. The minimum absolute atomic E-state index is 0.136. The van der Waals surface area contributed by atoms with Gasteiger partial charge in [0.15, 0.2) is 0 Å². The number of aromatic amines is 1. The molecule has 1 aromatic heterocycles. The van der Waals surface area contributed by atoms with Gasteiger partial charge in [-0.25, -0.2) is 0 Å². The van der Waals surface area contributed by atoms with Crippen LogP contribution in [0.25, 0.3) is 10.9 Å². The SMILES string of the molecule is CC(C)C(N)C(=O)NC(Cc1c[nH]c2ccccc12)C(=O)NC(Cc1ccccc1)C(=O)NCC(=O)O. The van der Waals surface area contributed by atoms with Crippen LogP contribution in [0.5, 0.6) is 0 Å². The summed E-state index contributed by atoms with van der Waals surface area (Å²) in [7, 11) is 0. The van der Waals surface area contributed by atoms with Gasteiger partial charge >= 0.3 is 5.97 Å². The van der Waals surface area contributed by atoms with E-state index in [0.717, 1.165) is 22.0 Å². The van der Waals surface area contributed by atoms with E-state index in [1.54, 1.807) is 30.5 Å². The summed E-state index contributed by atoms with van der Waals surface area (Å²) < 4.78 is 0. The molecule has 7 N–H and O–H groups in total. The summed E-state index contributed by atoms with van der Waals surface area (Å²) >= 11 is 0. The van der Waals surface area contributed by atoms with Crippen LogP contribution in [0, 0.1) is 5.92 Å². The van der Waals surface area contributed by atoms with Gasteiger partial charge in [-0.05, 0) is 23.1 Å². The van der Waals surface area contributed by atoms with E-state index in [-0.39, 0.29) is 18.8 Å². The Morgan fingerprint density at radius 1 is 0.865 bits per heavy atom. The van der Waals surface area contributed by atoms with E-state index in [0.29, 0.717) is 0 Å². The number of rotatable bonds is 12. The number of nitrogens with two attached hydrogens (primary N) is 1. The average Bonchev–Trinajstić information content (AvgIpc) is 3.29. The Balaban J connectivity index is 1.86. The van der Waals surface area contributed by atoms with Gasteiger partial charge in [-0.15, -0.1) is 0 Å². The smallest absolute Gasteiger partial charge is 0.322 e. The maximum atomic E-state index is 13.5. The monoisotopic (exact) mass is 507 g/mol. The number of nitrogens with one attached hydrogen (secondary N) is 4. The topological polar surface area (TPSA) is 166 Å². The summed E-state index contributed by atoms with van der Waals surface area (Å²) in [6.07, 6.45) is 2.07. The molecule has 0 radical (unpaired) electrons. The molecule has 3 aromatic rings. The molecule has 2 aromatic carbocycles. The molecule has 3 rings (SSSR count). The van der Waals surface area contributed by atoms with Gasteiger partial charge in [-0.1, -0.05) is 62.4 Å². The second kappa shape index (κ2) is 12.7. The number of carbonyl (C=O) groups excluding carboxylic acids is 3. The number of carbonyl (C=O) groups is 4. The predicted octanol–water partition coefficient (Wildman–Crippen LogP) is 1.11. The Hall–Kier alpha value is -4.18. The van der Waals surface area contributed by atoms with Crippen LogP contribution in [-0.4, -0.2) is 58.5 Å². The molecule has 37 heavy (non-hydrogen) atoms. The zero-order valence-corrected chi connectivity index (χ0v) is 20.9. The summed E-state index contributed by atoms with van der Waals surface area (Å²) in [6, 6.07) is 13.7. The standard InChI is InChI=1S/C27H33N5O5/c1-16(2)24(28)27(37)32-22(13-18-14-29-20-11-7-6-10-19(18)20)26(36)31-21(25(35)30-15-23(33)34)12-17-8-4-3-5-9-17/h3-11,14,16,21-22,24,29H,12-13,15,28H2,1-2H3,(H,30,35)(H,31,36)(H,32,37)(H,33,34). The molecule has 3 amide bonds. The molecule has 3 unspecified atom stereocenters. The molecular weight excluding hydrogens is 474 g/mol. The lowest BCUT2D eigenvalue weighted by Gasteiger charge is -2.25. The zero-order chi connectivity index (χ0) is 26.9. The number of aliphatic carboxylic acids is 1. The maximum absolute atomic E-state index is 13.5. The quantitative estimate of drug-likeness (QED) is 0.215. The number of para-hydroxylation sites is 1. The number of fused-ring (bicyclic) bond motifs is 1. The van der Waals surface area contributed by atoms with Crippen molar-refractivity contribution in [3.63, 3.8) is 0 Å². The largest absolute Gasteiger partial charge is 0.480 e. The van der Waals surface area contributed by atoms with Crippen molar-refractivity contribution >= 4 is 34.6 Å². The minimum Gasteiger partial charge on any atom is -0.480 e. The highest BCUT2D eigenvalue weighted by atomic mass is 16.4. The highest BCUT2D eigenvalue weighted by molar-refractivity contribution is 5.94. The van der Waals surface area contributed by atoms with Gasteiger partial charge in [0, 0.05) is 29.9 Å². The predicted molar refractivity (Wildman–Crippen MR) is 139 cm³/mol. The molecule has 0 aliphatic rings. The zero-order valence-electron chi connectivity index (χ0n) is 20.9. The molecule has 0 aliphatic heterocycles. The molecule has 0 saturated carbocycles.